The van der Waals surface area contributed by atoms with Gasteiger partial charge in [0.2, 0.25) is 0 Å². The predicted octanol–water partition coefficient (Wildman–Crippen LogP) is 7.04. The number of aliphatic hydroxyl groups excluding tert-OH is 1. The van der Waals surface area contributed by atoms with Crippen LogP contribution in [0.1, 0.15) is 49.8 Å². The number of fused-ring (bicyclic) bond motifs is 5. The van der Waals surface area contributed by atoms with Crippen molar-refractivity contribution in [2.75, 3.05) is 0 Å². The van der Waals surface area contributed by atoms with Gasteiger partial charge in [-0.3, -0.25) is 9.78 Å². The minimum Gasteiger partial charge on any atom is -0.512 e. The van der Waals surface area contributed by atoms with Gasteiger partial charge in [-0.05, 0) is 47.8 Å². The van der Waals surface area contributed by atoms with Crippen molar-refractivity contribution in [3.8, 4) is 22.4 Å². The number of aliphatic hydroxyl groups is 1. The number of rotatable bonds is 2. The predicted molar refractivity (Wildman–Crippen MR) is 131 cm³/mol. The number of allylic oxidation sites excluding steroid dienone is 2. The number of ketones is 1. The maximum Gasteiger partial charge on any atom is 0.155 e. The standard InChI is InChI=1S/C24H18N.C5H8O2.Ir/c1-24(2)19-14-8-6-12-17(19)21-22(24)18-13-7-9-15-20(18)25-23(21)16-10-4-3-5-11-16;1-4(6)3-5(2)7;/h3-10,12-15H,1-2H3;3,6H,1-2H3;/q-1;;/b;4-3-;/i6D,7D,8D,9D,12D,13D,14D,15D;;. The maximum absolute atomic E-state index is 10.0. The van der Waals surface area contributed by atoms with Crippen LogP contribution in [0.25, 0.3) is 33.3 Å². The molecule has 0 aliphatic heterocycles. The van der Waals surface area contributed by atoms with E-state index in [1.165, 1.54) is 19.9 Å². The molecule has 169 valence electrons. The van der Waals surface area contributed by atoms with Crippen LogP contribution in [0.4, 0.5) is 0 Å². The number of hydrogen-bond donors (Lipinski definition) is 1. The Balaban J connectivity index is 0.000000516. The molecule has 1 aliphatic rings. The molecule has 1 N–H and O–H groups in total. The molecule has 0 amide bonds. The van der Waals surface area contributed by atoms with E-state index in [9.17, 15) is 4.79 Å². The topological polar surface area (TPSA) is 50.2 Å². The van der Waals surface area contributed by atoms with Gasteiger partial charge in [-0.15, -0.1) is 35.9 Å². The third-order valence-electron chi connectivity index (χ3n) is 5.19. The smallest absolute Gasteiger partial charge is 0.155 e. The van der Waals surface area contributed by atoms with E-state index in [1.807, 2.05) is 13.8 Å². The fourth-order valence-electron chi connectivity index (χ4n) is 3.97. The van der Waals surface area contributed by atoms with E-state index >= 15 is 0 Å². The fraction of sp³-hybridized carbons (Fsp3) is 0.172. The maximum atomic E-state index is 10.0. The van der Waals surface area contributed by atoms with Gasteiger partial charge in [0, 0.05) is 37.0 Å². The second kappa shape index (κ2) is 9.82. The average molecular weight is 621 g/mol. The van der Waals surface area contributed by atoms with E-state index in [4.69, 9.17) is 16.1 Å². The molecule has 1 aromatic heterocycles. The quantitative estimate of drug-likeness (QED) is 0.149. The summed E-state index contributed by atoms with van der Waals surface area (Å²) < 4.78 is 67.3. The minimum atomic E-state index is -0.968. The van der Waals surface area contributed by atoms with Crippen molar-refractivity contribution in [1.82, 2.24) is 4.98 Å². The number of benzene rings is 3. The van der Waals surface area contributed by atoms with Crippen molar-refractivity contribution in [1.29, 1.82) is 0 Å². The first-order chi connectivity index (χ1) is 18.6. The van der Waals surface area contributed by atoms with Crippen molar-refractivity contribution in [3.05, 3.63) is 102 Å². The molecule has 0 atom stereocenters. The first kappa shape index (κ1) is 15.7. The summed E-state index contributed by atoms with van der Waals surface area (Å²) in [7, 11) is 0. The molecule has 0 saturated heterocycles. The number of para-hydroxylation sites is 1. The van der Waals surface area contributed by atoms with E-state index in [1.54, 1.807) is 24.3 Å². The third kappa shape index (κ3) is 4.68. The molecule has 1 heterocycles. The molecule has 1 aliphatic carbocycles. The average Bonchev–Trinajstić information content (AvgIpc) is 3.15. The zero-order chi connectivity index (χ0) is 29.8. The number of carbonyl (C=O) groups excluding carboxylic acids is 1. The van der Waals surface area contributed by atoms with Crippen LogP contribution in [0.15, 0.2) is 84.4 Å². The van der Waals surface area contributed by atoms with Gasteiger partial charge >= 0.3 is 0 Å². The molecule has 3 nitrogen and oxygen atoms in total. The van der Waals surface area contributed by atoms with Gasteiger partial charge in [0.25, 0.3) is 0 Å². The van der Waals surface area contributed by atoms with E-state index in [0.717, 1.165) is 0 Å². The molecule has 0 bridgehead atoms. The summed E-state index contributed by atoms with van der Waals surface area (Å²) in [6, 6.07) is 7.83. The molecule has 4 aromatic rings. The molecule has 3 aromatic carbocycles. The van der Waals surface area contributed by atoms with Crippen LogP contribution in [-0.4, -0.2) is 15.9 Å². The molecule has 5 rings (SSSR count). The molecular formula is C29H26IrNO2-. The van der Waals surface area contributed by atoms with Crippen molar-refractivity contribution in [2.24, 2.45) is 0 Å². The molecule has 4 heteroatoms. The molecule has 0 saturated carbocycles. The third-order valence-corrected chi connectivity index (χ3v) is 5.19. The van der Waals surface area contributed by atoms with Crippen molar-refractivity contribution in [3.63, 3.8) is 0 Å². The van der Waals surface area contributed by atoms with E-state index in [2.05, 4.69) is 11.1 Å². The molecule has 0 fully saturated rings. The molecule has 0 unspecified atom stereocenters. The van der Waals surface area contributed by atoms with Crippen LogP contribution < -0.4 is 0 Å². The molecule has 33 heavy (non-hydrogen) atoms. The summed E-state index contributed by atoms with van der Waals surface area (Å²) in [5.41, 5.74) is 1.76. The second-order valence-corrected chi connectivity index (χ2v) is 7.98. The van der Waals surface area contributed by atoms with Gasteiger partial charge in [0.1, 0.15) is 0 Å². The fourth-order valence-corrected chi connectivity index (χ4v) is 3.97. The van der Waals surface area contributed by atoms with E-state index in [0.29, 0.717) is 33.5 Å². The van der Waals surface area contributed by atoms with Crippen LogP contribution in [-0.2, 0) is 30.3 Å². The monoisotopic (exact) mass is 621 g/mol. The van der Waals surface area contributed by atoms with Crippen molar-refractivity contribution < 1.29 is 41.0 Å². The van der Waals surface area contributed by atoms with Crippen LogP contribution in [0.5, 0.6) is 0 Å². The van der Waals surface area contributed by atoms with Gasteiger partial charge < -0.3 is 5.11 Å². The summed E-state index contributed by atoms with van der Waals surface area (Å²) in [6.45, 7) is 6.48. The Morgan fingerprint density at radius 1 is 1.09 bits per heavy atom. The van der Waals surface area contributed by atoms with Crippen LogP contribution >= 0.6 is 0 Å². The van der Waals surface area contributed by atoms with Crippen LogP contribution in [0.2, 0.25) is 0 Å². The molecule has 1 radical (unpaired) electrons. The second-order valence-electron chi connectivity index (χ2n) is 7.98. The van der Waals surface area contributed by atoms with Gasteiger partial charge in [-0.25, -0.2) is 0 Å². The van der Waals surface area contributed by atoms with Gasteiger partial charge in [0.15, 0.2) is 5.78 Å². The number of hydrogen-bond acceptors (Lipinski definition) is 3. The first-order valence-electron chi connectivity index (χ1n) is 14.0. The minimum absolute atomic E-state index is 0. The Kier molecular flexibility index (Phi) is 4.68. The zero-order valence-electron chi connectivity index (χ0n) is 26.5. The Morgan fingerprint density at radius 3 is 2.42 bits per heavy atom. The number of carbonyl (C=O) groups is 1. The summed E-state index contributed by atoms with van der Waals surface area (Å²) in [4.78, 5) is 14.7. The summed E-state index contributed by atoms with van der Waals surface area (Å²) in [6.07, 6.45) is 1.17. The van der Waals surface area contributed by atoms with Gasteiger partial charge in [-0.2, -0.15) is 0 Å². The summed E-state index contributed by atoms with van der Waals surface area (Å²) in [5, 5.41) is 8.59. The Morgan fingerprint density at radius 2 is 1.79 bits per heavy atom. The van der Waals surface area contributed by atoms with Crippen molar-refractivity contribution in [2.45, 2.75) is 33.1 Å². The zero-order valence-corrected chi connectivity index (χ0v) is 20.9. The summed E-state index contributed by atoms with van der Waals surface area (Å²) >= 11 is 0. The Hall–Kier alpha value is -3.07. The Bertz CT molecular complexity index is 1750. The van der Waals surface area contributed by atoms with E-state index in [-0.39, 0.29) is 90.9 Å². The largest absolute Gasteiger partial charge is 0.512 e. The number of aromatic nitrogens is 1. The normalized spacial score (nSPS) is 16.7. The molecule has 0 spiro atoms. The Labute approximate surface area is 219 Å². The first-order valence-corrected chi connectivity index (χ1v) is 10.0. The number of nitrogens with zero attached hydrogens (tertiary/aromatic N) is 1. The van der Waals surface area contributed by atoms with Crippen molar-refractivity contribution >= 4 is 16.7 Å². The molecular weight excluding hydrogens is 587 g/mol. The van der Waals surface area contributed by atoms with Gasteiger partial charge in [0.05, 0.1) is 22.2 Å². The number of pyridine rings is 1. The van der Waals surface area contributed by atoms with Crippen LogP contribution in [0.3, 0.4) is 0 Å². The SMILES string of the molecule is CC(=O)/C=C(/C)O.[2H]c1c([2H])c([2H])c2c(c1[2H])-c1c(-c3[c-]cccc3)nc3c([2H])c([2H])c([2H])c([2H])c3c1C2(C)C.[Ir]. The summed E-state index contributed by atoms with van der Waals surface area (Å²) in [5.74, 6) is -0.0625. The van der Waals surface area contributed by atoms with Gasteiger partial charge in [-0.1, -0.05) is 56.1 Å². The van der Waals surface area contributed by atoms with E-state index < -0.39 is 5.41 Å². The van der Waals surface area contributed by atoms with Crippen LogP contribution in [0, 0.1) is 6.07 Å².